The minimum atomic E-state index is -0.653. The van der Waals surface area contributed by atoms with Crippen LogP contribution in [0.25, 0.3) is 5.78 Å². The lowest BCUT2D eigenvalue weighted by Crippen LogP contribution is -2.15. The molecule has 0 amide bonds. The number of nitrogens with two attached hydrogens (primary N) is 1. The molecule has 0 saturated carbocycles. The largest absolute Gasteiger partial charge is 0.461 e. The predicted octanol–water partition coefficient (Wildman–Crippen LogP) is -1.33. The van der Waals surface area contributed by atoms with Gasteiger partial charge in [0.25, 0.3) is 5.78 Å². The van der Waals surface area contributed by atoms with Gasteiger partial charge < -0.3 is 10.5 Å². The van der Waals surface area contributed by atoms with E-state index in [0.29, 0.717) is 0 Å². The summed E-state index contributed by atoms with van der Waals surface area (Å²) >= 11 is 0. The molecule has 0 unspecified atom stereocenters. The molecule has 9 nitrogen and oxygen atoms in total. The number of esters is 1. The molecule has 78 valence electrons. The van der Waals surface area contributed by atoms with Gasteiger partial charge in [-0.05, 0) is 17.4 Å². The molecule has 9 heteroatoms. The molecule has 0 aromatic carbocycles. The zero-order valence-electron chi connectivity index (χ0n) is 7.78. The summed E-state index contributed by atoms with van der Waals surface area (Å²) in [6, 6.07) is 0. The third kappa shape index (κ3) is 1.54. The van der Waals surface area contributed by atoms with Crippen molar-refractivity contribution in [3.8, 4) is 0 Å². The molecule has 2 aromatic heterocycles. The van der Waals surface area contributed by atoms with Crippen molar-refractivity contribution in [3.05, 3.63) is 5.69 Å². The number of tetrazole rings is 1. The molecule has 0 aliphatic carbocycles. The fourth-order valence-corrected chi connectivity index (χ4v) is 0.961. The Kier molecular flexibility index (Phi) is 2.12. The lowest BCUT2D eigenvalue weighted by molar-refractivity contribution is 0.0518. The quantitative estimate of drug-likeness (QED) is 0.604. The summed E-state index contributed by atoms with van der Waals surface area (Å²) in [5, 5.41) is 14.1. The molecule has 0 aliphatic heterocycles. The molecule has 2 heterocycles. The van der Waals surface area contributed by atoms with Gasteiger partial charge in [0.15, 0.2) is 5.82 Å². The number of anilines is 1. The Hall–Kier alpha value is -2.32. The highest BCUT2D eigenvalue weighted by atomic mass is 16.5. The van der Waals surface area contributed by atoms with E-state index in [0.717, 1.165) is 4.63 Å². The first-order valence-corrected chi connectivity index (χ1v) is 4.11. The van der Waals surface area contributed by atoms with Crippen molar-refractivity contribution in [2.75, 3.05) is 12.3 Å². The van der Waals surface area contributed by atoms with E-state index in [9.17, 15) is 4.79 Å². The lowest BCUT2D eigenvalue weighted by Gasteiger charge is -2.02. The molecule has 0 spiro atoms. The molecule has 0 saturated heterocycles. The third-order valence-corrected chi connectivity index (χ3v) is 1.56. The molecular formula is C6H7N7O2. The average molecular weight is 209 g/mol. The number of rotatable bonds is 2. The van der Waals surface area contributed by atoms with Crippen LogP contribution in [0.1, 0.15) is 17.4 Å². The van der Waals surface area contributed by atoms with Crippen LogP contribution in [0.15, 0.2) is 0 Å². The molecule has 2 aromatic rings. The van der Waals surface area contributed by atoms with Crippen LogP contribution in [0.4, 0.5) is 5.82 Å². The van der Waals surface area contributed by atoms with Crippen molar-refractivity contribution in [1.82, 2.24) is 30.2 Å². The number of carbonyl (C=O) groups is 1. The molecule has 0 atom stereocenters. The van der Waals surface area contributed by atoms with Crippen LogP contribution >= 0.6 is 0 Å². The normalized spacial score (nSPS) is 10.5. The van der Waals surface area contributed by atoms with Crippen LogP contribution in [0.2, 0.25) is 0 Å². The maximum Gasteiger partial charge on any atom is 0.362 e. The number of hydrogen-bond donors (Lipinski definition) is 1. The van der Waals surface area contributed by atoms with Crippen molar-refractivity contribution in [1.29, 1.82) is 0 Å². The first-order valence-electron chi connectivity index (χ1n) is 4.11. The maximum atomic E-state index is 11.3. The maximum absolute atomic E-state index is 11.3. The second kappa shape index (κ2) is 3.44. The Bertz CT molecular complexity index is 507. The second-order valence-electron chi connectivity index (χ2n) is 2.53. The van der Waals surface area contributed by atoms with Gasteiger partial charge in [-0.2, -0.15) is 4.98 Å². The minimum absolute atomic E-state index is 0.0595. The van der Waals surface area contributed by atoms with Crippen LogP contribution in [0.3, 0.4) is 0 Å². The average Bonchev–Trinajstić information content (AvgIpc) is 2.63. The zero-order chi connectivity index (χ0) is 10.8. The monoisotopic (exact) mass is 209 g/mol. The summed E-state index contributed by atoms with van der Waals surface area (Å²) in [6.07, 6.45) is 0. The molecule has 0 fully saturated rings. The Labute approximate surface area is 83.2 Å². The van der Waals surface area contributed by atoms with Crippen molar-refractivity contribution in [2.24, 2.45) is 0 Å². The van der Waals surface area contributed by atoms with Gasteiger partial charge in [-0.1, -0.05) is 9.73 Å². The summed E-state index contributed by atoms with van der Waals surface area (Å²) in [7, 11) is 0. The van der Waals surface area contributed by atoms with Gasteiger partial charge >= 0.3 is 5.97 Å². The third-order valence-electron chi connectivity index (χ3n) is 1.56. The molecule has 0 radical (unpaired) electrons. The van der Waals surface area contributed by atoms with E-state index >= 15 is 0 Å². The molecular weight excluding hydrogens is 202 g/mol. The van der Waals surface area contributed by atoms with Crippen LogP contribution in [-0.2, 0) is 4.74 Å². The molecule has 2 rings (SSSR count). The summed E-state index contributed by atoms with van der Waals surface area (Å²) in [6.45, 7) is 1.91. The number of aromatic nitrogens is 6. The SMILES string of the molecule is CCOC(=O)c1nn2nnnc2nc1N. The highest BCUT2D eigenvalue weighted by Gasteiger charge is 2.16. The van der Waals surface area contributed by atoms with Crippen molar-refractivity contribution in [3.63, 3.8) is 0 Å². The Balaban J connectivity index is 2.50. The number of nitrogen functional groups attached to an aromatic ring is 1. The van der Waals surface area contributed by atoms with Gasteiger partial charge in [0.05, 0.1) is 6.61 Å². The Morgan fingerprint density at radius 1 is 1.60 bits per heavy atom. The van der Waals surface area contributed by atoms with Gasteiger partial charge in [-0.15, -0.1) is 5.10 Å². The fraction of sp³-hybridized carbons (Fsp3) is 0.333. The van der Waals surface area contributed by atoms with Gasteiger partial charge in [0, 0.05) is 0 Å². The molecule has 2 N–H and O–H groups in total. The Morgan fingerprint density at radius 2 is 2.40 bits per heavy atom. The van der Waals surface area contributed by atoms with Gasteiger partial charge in [0.1, 0.15) is 0 Å². The summed E-state index contributed by atoms with van der Waals surface area (Å²) in [4.78, 5) is 15.1. The molecule has 0 aliphatic rings. The first kappa shape index (κ1) is 9.24. The topological polar surface area (TPSA) is 121 Å². The van der Waals surface area contributed by atoms with Crippen LogP contribution in [0.5, 0.6) is 0 Å². The summed E-state index contributed by atoms with van der Waals surface area (Å²) < 4.78 is 5.73. The number of carbonyl (C=O) groups excluding carboxylic acids is 1. The number of hydrogen-bond acceptors (Lipinski definition) is 8. The highest BCUT2D eigenvalue weighted by molar-refractivity contribution is 5.91. The standard InChI is InChI=1S/C6H7N7O2/c1-2-15-5(14)3-4(7)8-6-9-11-12-13(6)10-3/h2H2,1H3,(H2,7,8,9,12). The van der Waals surface area contributed by atoms with E-state index < -0.39 is 5.97 Å². The number of fused-ring (bicyclic) bond motifs is 1. The van der Waals surface area contributed by atoms with E-state index in [4.69, 9.17) is 10.5 Å². The van der Waals surface area contributed by atoms with Crippen molar-refractivity contribution >= 4 is 17.6 Å². The van der Waals surface area contributed by atoms with Gasteiger partial charge in [-0.25, -0.2) is 4.79 Å². The number of nitrogens with zero attached hydrogens (tertiary/aromatic N) is 6. The van der Waals surface area contributed by atoms with Crippen LogP contribution in [-0.4, -0.2) is 42.8 Å². The second-order valence-corrected chi connectivity index (χ2v) is 2.53. The Morgan fingerprint density at radius 3 is 3.13 bits per heavy atom. The lowest BCUT2D eigenvalue weighted by atomic mass is 10.4. The number of ether oxygens (including phenoxy) is 1. The van der Waals surface area contributed by atoms with Crippen molar-refractivity contribution in [2.45, 2.75) is 6.92 Å². The van der Waals surface area contributed by atoms with Gasteiger partial charge in [0.2, 0.25) is 5.69 Å². The summed E-state index contributed by atoms with van der Waals surface area (Å²) in [5.74, 6) is -0.587. The van der Waals surface area contributed by atoms with E-state index in [2.05, 4.69) is 25.6 Å². The van der Waals surface area contributed by atoms with E-state index in [-0.39, 0.29) is 23.9 Å². The minimum Gasteiger partial charge on any atom is -0.461 e. The van der Waals surface area contributed by atoms with Crippen LogP contribution < -0.4 is 5.73 Å². The zero-order valence-corrected chi connectivity index (χ0v) is 7.78. The molecule has 0 bridgehead atoms. The van der Waals surface area contributed by atoms with Crippen molar-refractivity contribution < 1.29 is 9.53 Å². The smallest absolute Gasteiger partial charge is 0.362 e. The van der Waals surface area contributed by atoms with E-state index in [1.165, 1.54) is 0 Å². The highest BCUT2D eigenvalue weighted by Crippen LogP contribution is 2.06. The predicted molar refractivity (Wildman–Crippen MR) is 46.7 cm³/mol. The molecule has 15 heavy (non-hydrogen) atoms. The first-order chi connectivity index (χ1) is 7.22. The van der Waals surface area contributed by atoms with Gasteiger partial charge in [-0.3, -0.25) is 0 Å². The summed E-state index contributed by atoms with van der Waals surface area (Å²) in [5.41, 5.74) is 5.39. The fourth-order valence-electron chi connectivity index (χ4n) is 0.961. The van der Waals surface area contributed by atoms with E-state index in [1.807, 2.05) is 0 Å². The van der Waals surface area contributed by atoms with Crippen LogP contribution in [0, 0.1) is 0 Å². The van der Waals surface area contributed by atoms with E-state index in [1.54, 1.807) is 6.92 Å².